The minimum Gasteiger partial charge on any atom is -0.490 e. The van der Waals surface area contributed by atoms with Crippen molar-refractivity contribution in [3.8, 4) is 5.75 Å². The Balaban J connectivity index is 1.95. The second kappa shape index (κ2) is 12.3. The van der Waals surface area contributed by atoms with Crippen LogP contribution in [0.15, 0.2) is 46.9 Å². The minimum atomic E-state index is -0.386. The summed E-state index contributed by atoms with van der Waals surface area (Å²) in [6.07, 6.45) is 1.08. The molecule has 0 aromatic heterocycles. The molecule has 7 nitrogen and oxygen atoms in total. The van der Waals surface area contributed by atoms with Gasteiger partial charge in [0.15, 0.2) is 5.11 Å². The van der Waals surface area contributed by atoms with E-state index in [4.69, 9.17) is 21.7 Å². The van der Waals surface area contributed by atoms with Crippen molar-refractivity contribution >= 4 is 50.8 Å². The molecule has 0 saturated carbocycles. The Morgan fingerprint density at radius 3 is 2.50 bits per heavy atom. The number of benzene rings is 2. The second-order valence-electron chi connectivity index (χ2n) is 6.26. The summed E-state index contributed by atoms with van der Waals surface area (Å²) >= 11 is 8.63. The maximum absolute atomic E-state index is 12.7. The summed E-state index contributed by atoms with van der Waals surface area (Å²) in [5.74, 6) is 0.0543. The number of anilines is 1. The Morgan fingerprint density at radius 1 is 1.10 bits per heavy atom. The van der Waals surface area contributed by atoms with Crippen molar-refractivity contribution in [1.29, 1.82) is 0 Å². The third-order valence-electron chi connectivity index (χ3n) is 4.09. The van der Waals surface area contributed by atoms with Gasteiger partial charge < -0.3 is 20.1 Å². The number of carbonyl (C=O) groups excluding carboxylic acids is 2. The fraction of sp³-hybridized carbons (Fsp3) is 0.286. The molecule has 0 aliphatic carbocycles. The van der Waals surface area contributed by atoms with Crippen LogP contribution in [0.1, 0.15) is 22.3 Å². The van der Waals surface area contributed by atoms with E-state index in [-0.39, 0.29) is 16.9 Å². The highest BCUT2D eigenvalue weighted by atomic mass is 79.9. The average molecular weight is 494 g/mol. The lowest BCUT2D eigenvalue weighted by molar-refractivity contribution is -0.120. The standard InChI is InChI=1S/C21H24BrN3O4S/c1-23-19(26)10-5-14-3-7-16(8-4-14)24-21(30)25-20(27)17-13-15(22)6-9-18(17)29-12-11-28-2/h3-4,6-9,13H,5,10-12H2,1-2H3,(H,23,26)(H2,24,25,27,30). The Kier molecular flexibility index (Phi) is 9.72. The van der Waals surface area contributed by atoms with Crippen LogP contribution in [-0.4, -0.2) is 44.3 Å². The lowest BCUT2D eigenvalue weighted by Gasteiger charge is -2.13. The van der Waals surface area contributed by atoms with Crippen molar-refractivity contribution in [3.05, 3.63) is 58.1 Å². The molecule has 0 heterocycles. The van der Waals surface area contributed by atoms with Crippen molar-refractivity contribution in [2.24, 2.45) is 0 Å². The number of nitrogens with one attached hydrogen (secondary N) is 3. The quantitative estimate of drug-likeness (QED) is 0.367. The van der Waals surface area contributed by atoms with Crippen LogP contribution in [0.25, 0.3) is 0 Å². The number of aryl methyl sites for hydroxylation is 1. The van der Waals surface area contributed by atoms with Crippen LogP contribution in [0.2, 0.25) is 0 Å². The zero-order valence-electron chi connectivity index (χ0n) is 16.8. The fourth-order valence-corrected chi connectivity index (χ4v) is 3.08. The molecule has 0 radical (unpaired) electrons. The highest BCUT2D eigenvalue weighted by molar-refractivity contribution is 9.10. The zero-order valence-corrected chi connectivity index (χ0v) is 19.2. The summed E-state index contributed by atoms with van der Waals surface area (Å²) in [4.78, 5) is 24.0. The lowest BCUT2D eigenvalue weighted by atomic mass is 10.1. The van der Waals surface area contributed by atoms with E-state index >= 15 is 0 Å². The van der Waals surface area contributed by atoms with Crippen LogP contribution >= 0.6 is 28.1 Å². The van der Waals surface area contributed by atoms with Crippen LogP contribution in [0, 0.1) is 0 Å². The first-order chi connectivity index (χ1) is 14.4. The molecule has 0 bridgehead atoms. The molecular weight excluding hydrogens is 470 g/mol. The summed E-state index contributed by atoms with van der Waals surface area (Å²) in [6, 6.07) is 12.7. The van der Waals surface area contributed by atoms with Gasteiger partial charge in [-0.25, -0.2) is 0 Å². The number of hydrogen-bond donors (Lipinski definition) is 3. The number of amides is 2. The predicted octanol–water partition coefficient (Wildman–Crippen LogP) is 3.28. The van der Waals surface area contributed by atoms with E-state index in [0.717, 1.165) is 15.7 Å². The number of hydrogen-bond acceptors (Lipinski definition) is 5. The Hall–Kier alpha value is -2.49. The summed E-state index contributed by atoms with van der Waals surface area (Å²) in [5.41, 5.74) is 2.12. The molecule has 2 aromatic carbocycles. The highest BCUT2D eigenvalue weighted by Gasteiger charge is 2.15. The number of halogens is 1. The molecule has 2 rings (SSSR count). The van der Waals surface area contributed by atoms with Gasteiger partial charge in [-0.2, -0.15) is 0 Å². The minimum absolute atomic E-state index is 0.000732. The van der Waals surface area contributed by atoms with Crippen LogP contribution < -0.4 is 20.7 Å². The first kappa shape index (κ1) is 23.8. The third-order valence-corrected chi connectivity index (χ3v) is 4.79. The molecule has 0 atom stereocenters. The molecule has 30 heavy (non-hydrogen) atoms. The topological polar surface area (TPSA) is 88.7 Å². The zero-order chi connectivity index (χ0) is 21.9. The van der Waals surface area contributed by atoms with Gasteiger partial charge in [0.2, 0.25) is 5.91 Å². The van der Waals surface area contributed by atoms with Crippen molar-refractivity contribution in [2.75, 3.05) is 32.7 Å². The molecule has 0 saturated heterocycles. The molecule has 0 fully saturated rings. The van der Waals surface area contributed by atoms with Crippen LogP contribution in [0.4, 0.5) is 5.69 Å². The number of methoxy groups -OCH3 is 1. The summed E-state index contributed by atoms with van der Waals surface area (Å²) < 4.78 is 11.3. The van der Waals surface area contributed by atoms with E-state index in [2.05, 4.69) is 31.9 Å². The number of carbonyl (C=O) groups is 2. The summed E-state index contributed by atoms with van der Waals surface area (Å²) in [7, 11) is 3.20. The molecule has 0 unspecified atom stereocenters. The Labute approximate surface area is 189 Å². The van der Waals surface area contributed by atoms with Gasteiger partial charge in [0.25, 0.3) is 5.91 Å². The van der Waals surface area contributed by atoms with Crippen LogP contribution in [0.3, 0.4) is 0 Å². The van der Waals surface area contributed by atoms with Crippen molar-refractivity contribution in [3.63, 3.8) is 0 Å². The fourth-order valence-electron chi connectivity index (χ4n) is 2.51. The van der Waals surface area contributed by atoms with Gasteiger partial charge >= 0.3 is 0 Å². The Bertz CT molecular complexity index is 890. The second-order valence-corrected chi connectivity index (χ2v) is 7.58. The highest BCUT2D eigenvalue weighted by Crippen LogP contribution is 2.23. The first-order valence-corrected chi connectivity index (χ1v) is 10.5. The van der Waals surface area contributed by atoms with Gasteiger partial charge in [0.05, 0.1) is 12.2 Å². The SMILES string of the molecule is CNC(=O)CCc1ccc(NC(=S)NC(=O)c2cc(Br)ccc2OCCOC)cc1. The summed E-state index contributed by atoms with van der Waals surface area (Å²) in [6.45, 7) is 0.740. The van der Waals surface area contributed by atoms with Gasteiger partial charge in [-0.15, -0.1) is 0 Å². The van der Waals surface area contributed by atoms with Crippen molar-refractivity contribution in [1.82, 2.24) is 10.6 Å². The van der Waals surface area contributed by atoms with Crippen LogP contribution in [-0.2, 0) is 16.0 Å². The van der Waals surface area contributed by atoms with E-state index in [1.165, 1.54) is 0 Å². The van der Waals surface area contributed by atoms with E-state index in [1.54, 1.807) is 32.4 Å². The first-order valence-electron chi connectivity index (χ1n) is 9.26. The lowest BCUT2D eigenvalue weighted by Crippen LogP contribution is -2.34. The van der Waals surface area contributed by atoms with E-state index in [0.29, 0.717) is 37.4 Å². The predicted molar refractivity (Wildman–Crippen MR) is 124 cm³/mol. The smallest absolute Gasteiger partial charge is 0.261 e. The molecule has 9 heteroatoms. The average Bonchev–Trinajstić information content (AvgIpc) is 2.74. The van der Waals surface area contributed by atoms with Crippen molar-refractivity contribution in [2.45, 2.75) is 12.8 Å². The number of thiocarbonyl (C=S) groups is 1. The molecule has 0 aliphatic rings. The molecule has 2 amide bonds. The van der Waals surface area contributed by atoms with E-state index in [9.17, 15) is 9.59 Å². The van der Waals surface area contributed by atoms with Gasteiger partial charge in [0.1, 0.15) is 12.4 Å². The largest absolute Gasteiger partial charge is 0.490 e. The number of ether oxygens (including phenoxy) is 2. The van der Waals surface area contributed by atoms with Gasteiger partial charge in [0, 0.05) is 30.7 Å². The maximum Gasteiger partial charge on any atom is 0.261 e. The third kappa shape index (κ3) is 7.74. The molecule has 2 aromatic rings. The molecule has 160 valence electrons. The Morgan fingerprint density at radius 2 is 1.83 bits per heavy atom. The summed E-state index contributed by atoms with van der Waals surface area (Å²) in [5, 5.41) is 8.41. The molecule has 0 aliphatic heterocycles. The molecular formula is C21H24BrN3O4S. The van der Waals surface area contributed by atoms with Gasteiger partial charge in [-0.1, -0.05) is 28.1 Å². The van der Waals surface area contributed by atoms with Crippen molar-refractivity contribution < 1.29 is 19.1 Å². The maximum atomic E-state index is 12.7. The monoisotopic (exact) mass is 493 g/mol. The van der Waals surface area contributed by atoms with Gasteiger partial charge in [-0.3, -0.25) is 14.9 Å². The van der Waals surface area contributed by atoms with E-state index in [1.807, 2.05) is 24.3 Å². The normalized spacial score (nSPS) is 10.2. The van der Waals surface area contributed by atoms with Crippen LogP contribution in [0.5, 0.6) is 5.75 Å². The van der Waals surface area contributed by atoms with Gasteiger partial charge in [-0.05, 0) is 54.5 Å². The molecule has 0 spiro atoms. The van der Waals surface area contributed by atoms with E-state index < -0.39 is 0 Å². The molecule has 3 N–H and O–H groups in total. The number of rotatable bonds is 9.